The van der Waals surface area contributed by atoms with Gasteiger partial charge in [0.05, 0.1) is 13.7 Å². The Morgan fingerprint density at radius 2 is 1.61 bits per heavy atom. The summed E-state index contributed by atoms with van der Waals surface area (Å²) in [6.45, 7) is 2.77. The molecule has 0 amide bonds. The lowest BCUT2D eigenvalue weighted by molar-refractivity contribution is 0.0371. The molecular formula is C24H36F2O2. The first-order chi connectivity index (χ1) is 13.6. The Bertz CT molecular complexity index is 617. The van der Waals surface area contributed by atoms with E-state index in [2.05, 4.69) is 6.92 Å². The van der Waals surface area contributed by atoms with Crippen LogP contribution < -0.4 is 9.47 Å². The molecule has 1 aromatic carbocycles. The van der Waals surface area contributed by atoms with Crippen molar-refractivity contribution in [3.63, 3.8) is 0 Å². The van der Waals surface area contributed by atoms with Gasteiger partial charge in [-0.1, -0.05) is 39.0 Å². The Hall–Kier alpha value is -1.32. The van der Waals surface area contributed by atoms with E-state index in [1.807, 2.05) is 0 Å². The summed E-state index contributed by atoms with van der Waals surface area (Å²) in [4.78, 5) is 0. The average molecular weight is 395 g/mol. The highest BCUT2D eigenvalue weighted by molar-refractivity contribution is 5.34. The highest BCUT2D eigenvalue weighted by Crippen LogP contribution is 2.52. The van der Waals surface area contributed by atoms with Crippen molar-refractivity contribution < 1.29 is 18.3 Å². The van der Waals surface area contributed by atoms with Gasteiger partial charge in [-0.25, -0.2) is 0 Å². The van der Waals surface area contributed by atoms with E-state index in [-0.39, 0.29) is 11.5 Å². The molecular weight excluding hydrogens is 358 g/mol. The van der Waals surface area contributed by atoms with Gasteiger partial charge < -0.3 is 9.47 Å². The van der Waals surface area contributed by atoms with Crippen LogP contribution in [0.25, 0.3) is 0 Å². The first-order valence-electron chi connectivity index (χ1n) is 11.2. The van der Waals surface area contributed by atoms with Gasteiger partial charge in [0.1, 0.15) is 0 Å². The maximum absolute atomic E-state index is 14.1. The first kappa shape index (κ1) is 21.4. The summed E-state index contributed by atoms with van der Waals surface area (Å²) in [5.74, 6) is -0.742. The van der Waals surface area contributed by atoms with Crippen LogP contribution in [-0.4, -0.2) is 13.7 Å². The highest BCUT2D eigenvalue weighted by Gasteiger charge is 2.40. The zero-order valence-corrected chi connectivity index (χ0v) is 17.6. The summed E-state index contributed by atoms with van der Waals surface area (Å²) in [6, 6.07) is 2.88. The van der Waals surface area contributed by atoms with Crippen molar-refractivity contribution in [3.05, 3.63) is 23.8 Å². The van der Waals surface area contributed by atoms with E-state index in [1.165, 1.54) is 83.5 Å². The average Bonchev–Trinajstić information content (AvgIpc) is 2.74. The van der Waals surface area contributed by atoms with E-state index in [4.69, 9.17) is 9.47 Å². The highest BCUT2D eigenvalue weighted by atomic mass is 19.2. The molecule has 2 fully saturated rings. The maximum atomic E-state index is 14.1. The van der Waals surface area contributed by atoms with E-state index in [1.54, 1.807) is 0 Å². The molecule has 28 heavy (non-hydrogen) atoms. The van der Waals surface area contributed by atoms with E-state index in [9.17, 15) is 8.78 Å². The van der Waals surface area contributed by atoms with Gasteiger partial charge in [-0.05, 0) is 74.3 Å². The Morgan fingerprint density at radius 3 is 2.25 bits per heavy atom. The fraction of sp³-hybridized carbons (Fsp3) is 0.750. The lowest BCUT2D eigenvalue weighted by Crippen LogP contribution is -2.36. The van der Waals surface area contributed by atoms with Crippen molar-refractivity contribution in [2.75, 3.05) is 13.7 Å². The fourth-order valence-electron chi connectivity index (χ4n) is 5.58. The molecule has 2 nitrogen and oxygen atoms in total. The molecule has 3 rings (SSSR count). The van der Waals surface area contributed by atoms with Crippen molar-refractivity contribution in [1.82, 2.24) is 0 Å². The van der Waals surface area contributed by atoms with Gasteiger partial charge in [0.15, 0.2) is 11.5 Å². The number of hydrogen-bond acceptors (Lipinski definition) is 2. The topological polar surface area (TPSA) is 18.5 Å². The van der Waals surface area contributed by atoms with Crippen molar-refractivity contribution in [2.24, 2.45) is 17.3 Å². The van der Waals surface area contributed by atoms with Crippen LogP contribution in [0, 0.1) is 28.9 Å². The largest absolute Gasteiger partial charge is 0.494 e. The molecule has 0 N–H and O–H groups in total. The standard InChI is InChI=1S/C24H36F2O2/c1-3-4-14-24(15-6-5-7-16-24)19-10-8-18(9-11-19)17-28-21-13-12-20(27-2)22(25)23(21)26/h12-13,18-19H,3-11,14-17H2,1-2H3. The summed E-state index contributed by atoms with van der Waals surface area (Å²) in [5.41, 5.74) is 0.575. The monoisotopic (exact) mass is 394 g/mol. The summed E-state index contributed by atoms with van der Waals surface area (Å²) < 4.78 is 38.4. The molecule has 2 aliphatic rings. The molecule has 0 aliphatic heterocycles. The van der Waals surface area contributed by atoms with Gasteiger partial charge in [-0.2, -0.15) is 8.78 Å². The van der Waals surface area contributed by atoms with Crippen molar-refractivity contribution >= 4 is 0 Å². The molecule has 0 radical (unpaired) electrons. The summed E-state index contributed by atoms with van der Waals surface area (Å²) in [7, 11) is 1.33. The molecule has 0 saturated heterocycles. The number of benzene rings is 1. The fourth-order valence-corrected chi connectivity index (χ4v) is 5.58. The van der Waals surface area contributed by atoms with E-state index >= 15 is 0 Å². The molecule has 0 bridgehead atoms. The van der Waals surface area contributed by atoms with E-state index in [0.717, 1.165) is 18.8 Å². The van der Waals surface area contributed by atoms with Crippen LogP contribution in [0.1, 0.15) is 84.0 Å². The van der Waals surface area contributed by atoms with Gasteiger partial charge in [0, 0.05) is 0 Å². The van der Waals surface area contributed by atoms with Crippen molar-refractivity contribution in [3.8, 4) is 11.5 Å². The summed E-state index contributed by atoms with van der Waals surface area (Å²) in [6.07, 6.45) is 15.9. The van der Waals surface area contributed by atoms with Gasteiger partial charge in [-0.15, -0.1) is 0 Å². The van der Waals surface area contributed by atoms with Crippen LogP contribution in [0.3, 0.4) is 0 Å². The zero-order valence-electron chi connectivity index (χ0n) is 17.6. The van der Waals surface area contributed by atoms with Gasteiger partial charge in [0.25, 0.3) is 0 Å². The molecule has 2 saturated carbocycles. The molecule has 0 heterocycles. The predicted molar refractivity (Wildman–Crippen MR) is 109 cm³/mol. The number of rotatable bonds is 8. The third kappa shape index (κ3) is 4.80. The van der Waals surface area contributed by atoms with Crippen molar-refractivity contribution in [2.45, 2.75) is 84.0 Å². The predicted octanol–water partition coefficient (Wildman–Crippen LogP) is 7.30. The molecule has 0 aromatic heterocycles. The molecule has 2 aliphatic carbocycles. The molecule has 0 spiro atoms. The molecule has 0 atom stereocenters. The van der Waals surface area contributed by atoms with Crippen LogP contribution >= 0.6 is 0 Å². The molecule has 1 aromatic rings. The minimum Gasteiger partial charge on any atom is -0.494 e. The SMILES string of the molecule is CCCCC1(C2CCC(COc3ccc(OC)c(F)c3F)CC2)CCCCC1. The Labute approximate surface area is 169 Å². The third-order valence-electron chi connectivity index (χ3n) is 7.30. The first-order valence-corrected chi connectivity index (χ1v) is 11.2. The minimum absolute atomic E-state index is 0.00730. The van der Waals surface area contributed by atoms with Crippen LogP contribution in [-0.2, 0) is 0 Å². The number of methoxy groups -OCH3 is 1. The van der Waals surface area contributed by atoms with Gasteiger partial charge >= 0.3 is 0 Å². The molecule has 158 valence electrons. The zero-order chi connectivity index (χ0) is 20.0. The Kier molecular flexibility index (Phi) is 7.59. The van der Waals surface area contributed by atoms with Crippen LogP contribution in [0.4, 0.5) is 8.78 Å². The normalized spacial score (nSPS) is 24.7. The Morgan fingerprint density at radius 1 is 0.964 bits per heavy atom. The molecule has 4 heteroatoms. The number of ether oxygens (including phenoxy) is 2. The van der Waals surface area contributed by atoms with E-state index in [0.29, 0.717) is 17.9 Å². The van der Waals surface area contributed by atoms with E-state index < -0.39 is 11.6 Å². The Balaban J connectivity index is 1.53. The second-order valence-corrected chi connectivity index (χ2v) is 8.95. The summed E-state index contributed by atoms with van der Waals surface area (Å²) in [5, 5.41) is 0. The van der Waals surface area contributed by atoms with Gasteiger partial charge in [-0.3, -0.25) is 0 Å². The third-order valence-corrected chi connectivity index (χ3v) is 7.30. The van der Waals surface area contributed by atoms with Crippen LogP contribution in [0.15, 0.2) is 12.1 Å². The maximum Gasteiger partial charge on any atom is 0.204 e. The minimum atomic E-state index is -0.973. The second-order valence-electron chi connectivity index (χ2n) is 8.95. The number of unbranched alkanes of at least 4 members (excludes halogenated alkanes) is 1. The number of halogens is 2. The summed E-state index contributed by atoms with van der Waals surface area (Å²) >= 11 is 0. The quantitative estimate of drug-likeness (QED) is 0.460. The van der Waals surface area contributed by atoms with Crippen molar-refractivity contribution in [1.29, 1.82) is 0 Å². The lowest BCUT2D eigenvalue weighted by atomic mass is 9.59. The smallest absolute Gasteiger partial charge is 0.204 e. The van der Waals surface area contributed by atoms with Crippen LogP contribution in [0.2, 0.25) is 0 Å². The van der Waals surface area contributed by atoms with Gasteiger partial charge in [0.2, 0.25) is 11.6 Å². The molecule has 0 unspecified atom stereocenters. The number of hydrogen-bond donors (Lipinski definition) is 0. The lowest BCUT2D eigenvalue weighted by Gasteiger charge is -2.47. The second kappa shape index (κ2) is 9.93. The van der Waals surface area contributed by atoms with Crippen LogP contribution in [0.5, 0.6) is 11.5 Å².